The molecule has 12 atom stereocenters. The minimum absolute atomic E-state index is 0.0110. The fourth-order valence-corrected chi connectivity index (χ4v) is 12.6. The van der Waals surface area contributed by atoms with Gasteiger partial charge in [-0.15, -0.1) is 0 Å². The van der Waals surface area contributed by atoms with Gasteiger partial charge in [-0.2, -0.15) is 0 Å². The van der Waals surface area contributed by atoms with Gasteiger partial charge in [-0.1, -0.05) is 24.1 Å². The first-order chi connectivity index (χ1) is 35.9. The van der Waals surface area contributed by atoms with E-state index in [0.717, 1.165) is 49.0 Å². The van der Waals surface area contributed by atoms with E-state index in [1.165, 1.54) is 54.6 Å². The van der Waals surface area contributed by atoms with E-state index in [0.29, 0.717) is 48.1 Å². The molecule has 3 aliphatic carbocycles. The van der Waals surface area contributed by atoms with Gasteiger partial charge in [-0.25, -0.2) is 4.79 Å². The number of allylic oxidation sites excluding steroid dienone is 2. The number of rotatable bonds is 14. The molecule has 11 rings (SSSR count). The van der Waals surface area contributed by atoms with Crippen LogP contribution in [0.5, 0.6) is 28.7 Å². The van der Waals surface area contributed by atoms with Gasteiger partial charge < -0.3 is 96.4 Å². The SMILES string of the molecule is NC1=CC2=C(CCC3CCCC23C2=CC3(O)C(Oc4cc5oc(-c6ccc(OC(CO)C(O)c7ccc(N)[nH]7)cc6)cc(=O)c5c(O)c4OC(O)c4cccc(O)c4)OC(C(=O)O)C(O)(C2C2CNCN2)C3O)CN1. The minimum Gasteiger partial charge on any atom is -0.508 e. The number of carboxylic acids is 1. The number of aromatic amines is 1. The number of aliphatic carboxylic acids is 1. The lowest BCUT2D eigenvalue weighted by Crippen LogP contribution is -2.80. The number of dihydropyridines is 1. The Morgan fingerprint density at radius 2 is 1.79 bits per heavy atom. The number of aliphatic hydroxyl groups is 6. The lowest BCUT2D eigenvalue weighted by atomic mass is 9.50. The van der Waals surface area contributed by atoms with E-state index >= 15 is 0 Å². The van der Waals surface area contributed by atoms with Gasteiger partial charge in [-0.3, -0.25) is 10.1 Å². The minimum atomic E-state index is -2.77. The topological polar surface area (TPSA) is 370 Å². The van der Waals surface area contributed by atoms with Gasteiger partial charge >= 0.3 is 5.97 Å². The third-order valence-electron chi connectivity index (χ3n) is 16.0. The molecule has 3 aromatic carbocycles. The summed E-state index contributed by atoms with van der Waals surface area (Å²) in [7, 11) is 0. The van der Waals surface area contributed by atoms with Crippen molar-refractivity contribution in [2.45, 2.75) is 86.3 Å². The lowest BCUT2D eigenvalue weighted by molar-refractivity contribution is -0.345. The van der Waals surface area contributed by atoms with E-state index in [9.17, 15) is 55.5 Å². The van der Waals surface area contributed by atoms with Crippen LogP contribution in [0.3, 0.4) is 0 Å². The Bertz CT molecular complexity index is 3210. The smallest absolute Gasteiger partial charge is 0.336 e. The largest absolute Gasteiger partial charge is 0.508 e. The highest BCUT2D eigenvalue weighted by Gasteiger charge is 2.74. The van der Waals surface area contributed by atoms with Crippen molar-refractivity contribution in [3.8, 4) is 40.1 Å². The molecule has 3 aliphatic heterocycles. The second-order valence-electron chi connectivity index (χ2n) is 20.2. The zero-order valence-corrected chi connectivity index (χ0v) is 40.2. The number of carbonyl (C=O) groups is 1. The summed E-state index contributed by atoms with van der Waals surface area (Å²) in [6.07, 6.45) is -4.28. The average molecular weight is 1040 g/mol. The number of aromatic nitrogens is 1. The molecule has 0 spiro atoms. The maximum atomic E-state index is 14.1. The predicted molar refractivity (Wildman–Crippen MR) is 265 cm³/mol. The van der Waals surface area contributed by atoms with E-state index in [1.807, 2.05) is 6.08 Å². The van der Waals surface area contributed by atoms with Crippen LogP contribution in [0.4, 0.5) is 5.82 Å². The van der Waals surface area contributed by atoms with E-state index in [1.54, 1.807) is 12.1 Å². The van der Waals surface area contributed by atoms with Crippen LogP contribution in [-0.2, 0) is 9.53 Å². The van der Waals surface area contributed by atoms with Crippen molar-refractivity contribution in [3.05, 3.63) is 129 Å². The number of ether oxygens (including phenoxy) is 4. The number of fused-ring (bicyclic) bond motifs is 5. The number of hydrogen-bond acceptors (Lipinski definition) is 20. The second kappa shape index (κ2) is 18.9. The highest BCUT2D eigenvalue weighted by atomic mass is 16.7. The number of phenolic OH excluding ortho intramolecular Hbond substituents is 2. The Morgan fingerprint density at radius 3 is 2.49 bits per heavy atom. The molecule has 2 bridgehead atoms. The van der Waals surface area contributed by atoms with Crippen molar-refractivity contribution < 1.29 is 74.1 Å². The molecule has 5 heterocycles. The van der Waals surface area contributed by atoms with Crippen LogP contribution < -0.4 is 47.1 Å². The first kappa shape index (κ1) is 50.1. The van der Waals surface area contributed by atoms with Crippen LogP contribution in [-0.4, -0.2) is 125 Å². The fourth-order valence-electron chi connectivity index (χ4n) is 12.6. The molecule has 0 radical (unpaired) electrons. The summed E-state index contributed by atoms with van der Waals surface area (Å²) < 4.78 is 30.7. The number of carboxylic acid groups (broad SMARTS) is 1. The summed E-state index contributed by atoms with van der Waals surface area (Å²) in [6.45, 7) is 0.457. The Kier molecular flexibility index (Phi) is 12.6. The standard InChI is InChI=1S/C53H58N6O16/c54-39-13-12-32(59-39)43(63)38(22-60)71-29-10-7-24(8-11-29)35-17-34(62)41-36(72-35)18-37(45(44(41)64)74-48(67)25-3-1-5-28(61)15-25)73-50-52(69)19-31(51-14-2-4-27(51)9-6-26-20-57-40(55)16-30(26)51)42(33-21-56-23-58-33)53(70,49(52)68)46(75-50)47(65)66/h1,3,5,7-8,10-13,15-19,27,33,38,42-43,46,48-50,56-61,63-64,67-70H,2,4,6,9,14,20-23,54-55H2,(H,65,66). The molecule has 2 aromatic heterocycles. The highest BCUT2D eigenvalue weighted by Crippen LogP contribution is 2.66. The normalized spacial score (nSPS) is 30.3. The van der Waals surface area contributed by atoms with Crippen molar-refractivity contribution in [2.24, 2.45) is 23.0 Å². The molecule has 2 saturated heterocycles. The zero-order chi connectivity index (χ0) is 52.7. The van der Waals surface area contributed by atoms with Gasteiger partial charge in [0.05, 0.1) is 12.4 Å². The monoisotopic (exact) mass is 1030 g/mol. The van der Waals surface area contributed by atoms with Gasteiger partial charge in [0.15, 0.2) is 34.7 Å². The molecule has 17 N–H and O–H groups in total. The molecule has 396 valence electrons. The number of nitrogens with two attached hydrogens (primary N) is 2. The highest BCUT2D eigenvalue weighted by molar-refractivity contribution is 5.89. The van der Waals surface area contributed by atoms with E-state index in [4.69, 9.17) is 34.8 Å². The Balaban J connectivity index is 1.03. The number of aliphatic hydroxyl groups excluding tert-OH is 4. The van der Waals surface area contributed by atoms with Gasteiger partial charge in [-0.05, 0) is 103 Å². The molecular formula is C53H58N6O16. The van der Waals surface area contributed by atoms with E-state index in [-0.39, 0.29) is 40.9 Å². The first-order valence-corrected chi connectivity index (χ1v) is 24.7. The number of hydrogen-bond donors (Lipinski definition) is 15. The third-order valence-corrected chi connectivity index (χ3v) is 16.0. The second-order valence-corrected chi connectivity index (χ2v) is 20.2. The number of benzene rings is 3. The average Bonchev–Trinajstić information content (AvgIpc) is 4.19. The van der Waals surface area contributed by atoms with E-state index in [2.05, 4.69) is 20.9 Å². The molecule has 75 heavy (non-hydrogen) atoms. The predicted octanol–water partition coefficient (Wildman–Crippen LogP) is 1.69. The van der Waals surface area contributed by atoms with E-state index < -0.39 is 106 Å². The number of aromatic hydroxyl groups is 2. The summed E-state index contributed by atoms with van der Waals surface area (Å²) in [6, 6.07) is 16.0. The van der Waals surface area contributed by atoms with Crippen molar-refractivity contribution in [1.82, 2.24) is 20.9 Å². The fraction of sp³-hybridized carbons (Fsp3) is 0.396. The molecule has 3 fully saturated rings. The summed E-state index contributed by atoms with van der Waals surface area (Å²) in [5.41, 5.74) is 7.77. The Morgan fingerprint density at radius 1 is 0.987 bits per heavy atom. The van der Waals surface area contributed by atoms with Crippen LogP contribution in [0.2, 0.25) is 0 Å². The van der Waals surface area contributed by atoms with Crippen molar-refractivity contribution in [1.29, 1.82) is 0 Å². The van der Waals surface area contributed by atoms with Gasteiger partial charge in [0.1, 0.15) is 51.9 Å². The summed E-state index contributed by atoms with van der Waals surface area (Å²) in [5, 5.41) is 114. The van der Waals surface area contributed by atoms with Crippen LogP contribution in [0, 0.1) is 17.3 Å². The van der Waals surface area contributed by atoms with Crippen LogP contribution in [0.15, 0.2) is 117 Å². The maximum Gasteiger partial charge on any atom is 0.336 e. The summed E-state index contributed by atoms with van der Waals surface area (Å²) in [5.74, 6) is -4.48. The van der Waals surface area contributed by atoms with Crippen LogP contribution in [0.25, 0.3) is 22.3 Å². The molecule has 22 nitrogen and oxygen atoms in total. The number of H-pyrrole nitrogens is 1. The molecule has 6 aliphatic rings. The number of phenols is 2. The zero-order valence-electron chi connectivity index (χ0n) is 40.2. The summed E-state index contributed by atoms with van der Waals surface area (Å²) >= 11 is 0. The number of nitrogens with one attached hydrogen (secondary N) is 4. The van der Waals surface area contributed by atoms with Gasteiger partial charge in [0, 0.05) is 66.1 Å². The molecular weight excluding hydrogens is 977 g/mol. The quantitative estimate of drug-likeness (QED) is 0.0556. The molecule has 1 saturated carbocycles. The van der Waals surface area contributed by atoms with Crippen LogP contribution >= 0.6 is 0 Å². The Hall–Kier alpha value is -7.12. The number of anilines is 1. The first-order valence-electron chi connectivity index (χ1n) is 24.7. The third kappa shape index (κ3) is 8.24. The Labute approximate surface area is 427 Å². The molecule has 0 amide bonds. The molecule has 12 unspecified atom stereocenters. The van der Waals surface area contributed by atoms with Crippen LogP contribution in [0.1, 0.15) is 55.8 Å². The van der Waals surface area contributed by atoms with Gasteiger partial charge in [0.25, 0.3) is 0 Å². The van der Waals surface area contributed by atoms with Crippen molar-refractivity contribution >= 4 is 22.8 Å². The van der Waals surface area contributed by atoms with Crippen molar-refractivity contribution in [3.63, 3.8) is 0 Å². The molecule has 22 heteroatoms. The maximum absolute atomic E-state index is 14.1. The lowest BCUT2D eigenvalue weighted by Gasteiger charge is -2.61. The number of nitrogen functional groups attached to an aromatic ring is 1. The van der Waals surface area contributed by atoms with Gasteiger partial charge in [0.2, 0.25) is 18.3 Å². The van der Waals surface area contributed by atoms with Crippen molar-refractivity contribution in [2.75, 3.05) is 32.1 Å². The summed E-state index contributed by atoms with van der Waals surface area (Å²) in [4.78, 5) is 30.5. The molecule has 5 aromatic rings.